The molecule has 6 heteroatoms. The zero-order chi connectivity index (χ0) is 12.2. The van der Waals surface area contributed by atoms with Crippen molar-refractivity contribution in [3.8, 4) is 0 Å². The topological polar surface area (TPSA) is 63.2 Å². The van der Waals surface area contributed by atoms with Crippen LogP contribution in [0.1, 0.15) is 23.7 Å². The molecule has 1 aromatic carbocycles. The van der Waals surface area contributed by atoms with Gasteiger partial charge in [-0.25, -0.2) is 13.1 Å². The molecule has 0 atom stereocenters. The molecule has 0 heterocycles. The van der Waals surface area contributed by atoms with E-state index in [0.717, 1.165) is 0 Å². The van der Waals surface area contributed by atoms with E-state index in [1.54, 1.807) is 19.1 Å². The summed E-state index contributed by atoms with van der Waals surface area (Å²) in [5.74, 6) is -0.727. The number of amides is 1. The molecule has 1 N–H and O–H groups in total. The molecule has 16 heavy (non-hydrogen) atoms. The van der Waals surface area contributed by atoms with Crippen molar-refractivity contribution in [1.82, 2.24) is 4.72 Å². The van der Waals surface area contributed by atoms with Gasteiger partial charge in [-0.1, -0.05) is 24.6 Å². The maximum absolute atomic E-state index is 11.5. The van der Waals surface area contributed by atoms with Crippen LogP contribution in [0.25, 0.3) is 0 Å². The summed E-state index contributed by atoms with van der Waals surface area (Å²) in [5.41, 5.74) is 0.229. The fourth-order valence-corrected chi connectivity index (χ4v) is 2.38. The molecule has 0 aromatic heterocycles. The Labute approximate surface area is 99.7 Å². The Hall–Kier alpha value is -1.07. The van der Waals surface area contributed by atoms with Crippen LogP contribution in [0.15, 0.2) is 24.3 Å². The first kappa shape index (κ1) is 13.0. The summed E-state index contributed by atoms with van der Waals surface area (Å²) in [6.45, 7) is 1.73. The highest BCUT2D eigenvalue weighted by Gasteiger charge is 2.14. The van der Waals surface area contributed by atoms with Crippen molar-refractivity contribution < 1.29 is 13.2 Å². The smallest absolute Gasteiger partial charge is 0.264 e. The molecule has 0 spiro atoms. The number of hydrogen-bond acceptors (Lipinski definition) is 3. The molecule has 4 nitrogen and oxygen atoms in total. The molecule has 0 aliphatic carbocycles. The van der Waals surface area contributed by atoms with Gasteiger partial charge in [0.1, 0.15) is 0 Å². The molecule has 0 unspecified atom stereocenters. The van der Waals surface area contributed by atoms with Crippen molar-refractivity contribution in [2.45, 2.75) is 13.3 Å². The highest BCUT2D eigenvalue weighted by Crippen LogP contribution is 2.10. The third-order valence-corrected chi connectivity index (χ3v) is 3.49. The summed E-state index contributed by atoms with van der Waals surface area (Å²) in [6.07, 6.45) is 0.457. The van der Waals surface area contributed by atoms with Gasteiger partial charge < -0.3 is 0 Å². The molecular formula is C10H12ClNO3S. The minimum Gasteiger partial charge on any atom is -0.268 e. The largest absolute Gasteiger partial charge is 0.268 e. The minimum absolute atomic E-state index is 0.0701. The van der Waals surface area contributed by atoms with E-state index in [1.807, 2.05) is 4.72 Å². The van der Waals surface area contributed by atoms with Gasteiger partial charge in [-0.05, 0) is 24.6 Å². The van der Waals surface area contributed by atoms with Crippen molar-refractivity contribution >= 4 is 27.5 Å². The molecule has 88 valence electrons. The molecule has 0 aliphatic rings. The van der Waals surface area contributed by atoms with Gasteiger partial charge in [0.25, 0.3) is 5.91 Å². The van der Waals surface area contributed by atoms with E-state index in [4.69, 9.17) is 11.6 Å². The van der Waals surface area contributed by atoms with Crippen LogP contribution in [0.2, 0.25) is 5.02 Å². The Balaban J connectivity index is 2.81. The van der Waals surface area contributed by atoms with Crippen LogP contribution < -0.4 is 4.72 Å². The molecule has 0 saturated heterocycles. The Morgan fingerprint density at radius 3 is 2.69 bits per heavy atom. The van der Waals surface area contributed by atoms with Crippen LogP contribution >= 0.6 is 11.6 Å². The third-order valence-electron chi connectivity index (χ3n) is 1.81. The summed E-state index contributed by atoms with van der Waals surface area (Å²) in [4.78, 5) is 11.5. The molecule has 0 aliphatic heterocycles. The van der Waals surface area contributed by atoms with E-state index in [1.165, 1.54) is 12.1 Å². The lowest BCUT2D eigenvalue weighted by atomic mass is 10.2. The summed E-state index contributed by atoms with van der Waals surface area (Å²) >= 11 is 5.69. The van der Waals surface area contributed by atoms with Crippen molar-refractivity contribution in [3.63, 3.8) is 0 Å². The number of hydrogen-bond donors (Lipinski definition) is 1. The number of benzene rings is 1. The Morgan fingerprint density at radius 2 is 2.12 bits per heavy atom. The van der Waals surface area contributed by atoms with Crippen molar-refractivity contribution in [2.75, 3.05) is 5.75 Å². The van der Waals surface area contributed by atoms with Crippen LogP contribution in [-0.2, 0) is 10.0 Å². The van der Waals surface area contributed by atoms with Crippen LogP contribution in [-0.4, -0.2) is 20.1 Å². The Kier molecular flexibility index (Phi) is 4.32. The first-order valence-corrected chi connectivity index (χ1v) is 6.78. The van der Waals surface area contributed by atoms with E-state index in [2.05, 4.69) is 0 Å². The van der Waals surface area contributed by atoms with E-state index in [-0.39, 0.29) is 11.3 Å². The molecule has 0 radical (unpaired) electrons. The van der Waals surface area contributed by atoms with Gasteiger partial charge in [0, 0.05) is 10.6 Å². The molecule has 0 saturated carbocycles. The SMILES string of the molecule is CCCS(=O)(=O)NC(=O)c1cccc(Cl)c1. The van der Waals surface area contributed by atoms with E-state index >= 15 is 0 Å². The normalized spacial score (nSPS) is 11.1. The number of halogens is 1. The predicted molar refractivity (Wildman–Crippen MR) is 63.0 cm³/mol. The van der Waals surface area contributed by atoms with Gasteiger partial charge in [-0.2, -0.15) is 0 Å². The quantitative estimate of drug-likeness (QED) is 0.899. The van der Waals surface area contributed by atoms with Gasteiger partial charge in [-0.3, -0.25) is 4.79 Å². The fraction of sp³-hybridized carbons (Fsp3) is 0.300. The number of nitrogens with one attached hydrogen (secondary N) is 1. The second kappa shape index (κ2) is 5.32. The van der Waals surface area contributed by atoms with Crippen LogP contribution in [0.3, 0.4) is 0 Å². The average molecular weight is 262 g/mol. The first-order valence-electron chi connectivity index (χ1n) is 4.75. The van der Waals surface area contributed by atoms with E-state index in [0.29, 0.717) is 11.4 Å². The standard InChI is InChI=1S/C10H12ClNO3S/c1-2-6-16(14,15)12-10(13)8-4-3-5-9(11)7-8/h3-5,7H,2,6H2,1H3,(H,12,13). The zero-order valence-electron chi connectivity index (χ0n) is 8.73. The average Bonchev–Trinajstić information content (AvgIpc) is 2.16. The third kappa shape index (κ3) is 3.83. The summed E-state index contributed by atoms with van der Waals surface area (Å²) in [6, 6.07) is 6.11. The maximum atomic E-state index is 11.5. The second-order valence-electron chi connectivity index (χ2n) is 3.26. The molecule has 0 fully saturated rings. The van der Waals surface area contributed by atoms with Gasteiger partial charge in [0.15, 0.2) is 0 Å². The van der Waals surface area contributed by atoms with Crippen molar-refractivity contribution in [1.29, 1.82) is 0 Å². The monoisotopic (exact) mass is 261 g/mol. The van der Waals surface area contributed by atoms with Crippen LogP contribution in [0, 0.1) is 0 Å². The Bertz CT molecular complexity index is 485. The lowest BCUT2D eigenvalue weighted by molar-refractivity contribution is 0.0981. The zero-order valence-corrected chi connectivity index (χ0v) is 10.3. The lowest BCUT2D eigenvalue weighted by Gasteiger charge is -2.05. The van der Waals surface area contributed by atoms with Crippen LogP contribution in [0.5, 0.6) is 0 Å². The van der Waals surface area contributed by atoms with Crippen molar-refractivity contribution in [2.24, 2.45) is 0 Å². The highest BCUT2D eigenvalue weighted by atomic mass is 35.5. The van der Waals surface area contributed by atoms with Gasteiger partial charge in [-0.15, -0.1) is 0 Å². The highest BCUT2D eigenvalue weighted by molar-refractivity contribution is 7.90. The van der Waals surface area contributed by atoms with Gasteiger partial charge >= 0.3 is 0 Å². The number of carbonyl (C=O) groups is 1. The second-order valence-corrected chi connectivity index (χ2v) is 5.54. The van der Waals surface area contributed by atoms with Gasteiger partial charge in [0.05, 0.1) is 5.75 Å². The van der Waals surface area contributed by atoms with E-state index in [9.17, 15) is 13.2 Å². The predicted octanol–water partition coefficient (Wildman–Crippen LogP) is 1.81. The van der Waals surface area contributed by atoms with E-state index < -0.39 is 15.9 Å². The van der Waals surface area contributed by atoms with Crippen LogP contribution in [0.4, 0.5) is 0 Å². The lowest BCUT2D eigenvalue weighted by Crippen LogP contribution is -2.32. The Morgan fingerprint density at radius 1 is 1.44 bits per heavy atom. The molecule has 1 aromatic rings. The summed E-state index contributed by atoms with van der Waals surface area (Å²) in [5, 5.41) is 0.389. The minimum atomic E-state index is -3.53. The number of sulfonamides is 1. The number of rotatable bonds is 4. The molecule has 1 rings (SSSR count). The summed E-state index contributed by atoms with van der Waals surface area (Å²) in [7, 11) is -3.53. The number of carbonyl (C=O) groups excluding carboxylic acids is 1. The first-order chi connectivity index (χ1) is 7.44. The molecule has 0 bridgehead atoms. The molecule has 1 amide bonds. The fourth-order valence-electron chi connectivity index (χ4n) is 1.15. The maximum Gasteiger partial charge on any atom is 0.264 e. The van der Waals surface area contributed by atoms with Crippen molar-refractivity contribution in [3.05, 3.63) is 34.9 Å². The van der Waals surface area contributed by atoms with Gasteiger partial charge in [0.2, 0.25) is 10.0 Å². The molecular weight excluding hydrogens is 250 g/mol. The summed E-state index contributed by atoms with van der Waals surface area (Å²) < 4.78 is 24.6.